The summed E-state index contributed by atoms with van der Waals surface area (Å²) in [6.45, 7) is 2.83. The van der Waals surface area contributed by atoms with Crippen molar-refractivity contribution in [2.45, 2.75) is 51.6 Å². The highest BCUT2D eigenvalue weighted by molar-refractivity contribution is 5.76. The first-order chi connectivity index (χ1) is 9.72. The number of imidazole rings is 1. The molecule has 1 atom stereocenters. The van der Waals surface area contributed by atoms with Crippen molar-refractivity contribution in [3.63, 3.8) is 0 Å². The highest BCUT2D eigenvalue weighted by atomic mass is 19.1. The Morgan fingerprint density at radius 1 is 1.35 bits per heavy atom. The van der Waals surface area contributed by atoms with Crippen LogP contribution in [0, 0.1) is 11.7 Å². The number of nitrogens with zero attached hydrogens (tertiary/aromatic N) is 2. The molecule has 0 saturated heterocycles. The van der Waals surface area contributed by atoms with Crippen LogP contribution in [-0.2, 0) is 6.54 Å². The van der Waals surface area contributed by atoms with Gasteiger partial charge in [-0.1, -0.05) is 25.3 Å². The average molecular weight is 275 g/mol. The van der Waals surface area contributed by atoms with E-state index < -0.39 is 0 Å². The Hall–Kier alpha value is -1.42. The maximum atomic E-state index is 13.9. The molecule has 108 valence electrons. The predicted molar refractivity (Wildman–Crippen MR) is 78.9 cm³/mol. The number of halogens is 1. The van der Waals surface area contributed by atoms with Gasteiger partial charge in [-0.05, 0) is 37.8 Å². The number of hydrogen-bond donors (Lipinski definition) is 1. The Labute approximate surface area is 119 Å². The van der Waals surface area contributed by atoms with Gasteiger partial charge in [0.25, 0.3) is 0 Å². The van der Waals surface area contributed by atoms with Gasteiger partial charge in [-0.3, -0.25) is 0 Å². The zero-order chi connectivity index (χ0) is 14.1. The van der Waals surface area contributed by atoms with Crippen molar-refractivity contribution in [1.29, 1.82) is 0 Å². The molecule has 0 bridgehead atoms. The number of aryl methyl sites for hydroxylation is 1. The normalized spacial score (nSPS) is 18.6. The van der Waals surface area contributed by atoms with E-state index in [2.05, 4.69) is 16.5 Å². The largest absolute Gasteiger partial charge is 0.327 e. The average Bonchev–Trinajstić information content (AvgIpc) is 2.87. The topological polar surface area (TPSA) is 43.8 Å². The minimum absolute atomic E-state index is 0.0814. The highest BCUT2D eigenvalue weighted by Gasteiger charge is 2.26. The van der Waals surface area contributed by atoms with Crippen molar-refractivity contribution in [2.24, 2.45) is 11.7 Å². The Balaban J connectivity index is 2.03. The lowest BCUT2D eigenvalue weighted by Crippen LogP contribution is -2.26. The van der Waals surface area contributed by atoms with Crippen molar-refractivity contribution in [1.82, 2.24) is 9.55 Å². The van der Waals surface area contributed by atoms with Crippen LogP contribution in [0.4, 0.5) is 4.39 Å². The van der Waals surface area contributed by atoms with E-state index in [0.29, 0.717) is 11.4 Å². The molecule has 1 heterocycles. The van der Waals surface area contributed by atoms with Crippen molar-refractivity contribution in [3.8, 4) is 0 Å². The molecule has 2 N–H and O–H groups in total. The molecule has 1 aromatic carbocycles. The molecule has 4 heteroatoms. The van der Waals surface area contributed by atoms with E-state index in [-0.39, 0.29) is 11.9 Å². The van der Waals surface area contributed by atoms with Gasteiger partial charge < -0.3 is 10.3 Å². The summed E-state index contributed by atoms with van der Waals surface area (Å²) in [5.74, 6) is 1.07. The molecule has 1 aromatic heterocycles. The molecule has 20 heavy (non-hydrogen) atoms. The second-order valence-corrected chi connectivity index (χ2v) is 5.75. The molecule has 1 fully saturated rings. The van der Waals surface area contributed by atoms with Gasteiger partial charge in [0.2, 0.25) is 0 Å². The van der Waals surface area contributed by atoms with Crippen LogP contribution in [0.3, 0.4) is 0 Å². The van der Waals surface area contributed by atoms with E-state index in [1.807, 2.05) is 6.07 Å². The molecular formula is C16H22FN3. The molecule has 0 amide bonds. The number of fused-ring (bicyclic) bond motifs is 1. The molecule has 1 aliphatic carbocycles. The van der Waals surface area contributed by atoms with Crippen LogP contribution in [0.2, 0.25) is 0 Å². The summed E-state index contributed by atoms with van der Waals surface area (Å²) in [6, 6.07) is 5.04. The summed E-state index contributed by atoms with van der Waals surface area (Å²) < 4.78 is 16.0. The maximum Gasteiger partial charge on any atom is 0.151 e. The van der Waals surface area contributed by atoms with Crippen molar-refractivity contribution >= 4 is 11.0 Å². The van der Waals surface area contributed by atoms with E-state index in [9.17, 15) is 4.39 Å². The molecule has 0 spiro atoms. The van der Waals surface area contributed by atoms with Gasteiger partial charge in [-0.15, -0.1) is 0 Å². The standard InChI is InChI=1S/C16H22FN3/c1-2-20-13-10-6-9-12(17)15(13)19-16(20)14(18)11-7-4-3-5-8-11/h6,9-11,14H,2-5,7-8,18H2,1H3. The molecule has 0 aliphatic heterocycles. The number of hydrogen-bond acceptors (Lipinski definition) is 2. The molecule has 1 aliphatic rings. The summed E-state index contributed by atoms with van der Waals surface area (Å²) in [7, 11) is 0. The smallest absolute Gasteiger partial charge is 0.151 e. The van der Waals surface area contributed by atoms with Gasteiger partial charge >= 0.3 is 0 Å². The molecule has 3 nitrogen and oxygen atoms in total. The molecule has 3 rings (SSSR count). The van der Waals surface area contributed by atoms with Gasteiger partial charge in [0.05, 0.1) is 11.6 Å². The second kappa shape index (κ2) is 5.52. The Kier molecular flexibility index (Phi) is 3.74. The van der Waals surface area contributed by atoms with Crippen molar-refractivity contribution < 1.29 is 4.39 Å². The second-order valence-electron chi connectivity index (χ2n) is 5.75. The number of nitrogens with two attached hydrogens (primary N) is 1. The third-order valence-electron chi connectivity index (χ3n) is 4.53. The van der Waals surface area contributed by atoms with Crippen LogP contribution < -0.4 is 5.73 Å². The molecule has 1 unspecified atom stereocenters. The number of rotatable bonds is 3. The number of aromatic nitrogens is 2. The molecule has 1 saturated carbocycles. The summed E-state index contributed by atoms with van der Waals surface area (Å²) >= 11 is 0. The molecular weight excluding hydrogens is 253 g/mol. The van der Waals surface area contributed by atoms with E-state index in [0.717, 1.165) is 30.7 Å². The van der Waals surface area contributed by atoms with Crippen molar-refractivity contribution in [2.75, 3.05) is 0 Å². The van der Waals surface area contributed by atoms with Crippen LogP contribution in [-0.4, -0.2) is 9.55 Å². The fourth-order valence-electron chi connectivity index (χ4n) is 3.42. The van der Waals surface area contributed by atoms with Gasteiger partial charge in [-0.25, -0.2) is 9.37 Å². The monoisotopic (exact) mass is 275 g/mol. The van der Waals surface area contributed by atoms with Gasteiger partial charge in [0, 0.05) is 6.54 Å². The van der Waals surface area contributed by atoms with E-state index >= 15 is 0 Å². The Bertz CT molecular complexity index is 599. The number of benzene rings is 1. The quantitative estimate of drug-likeness (QED) is 0.926. The lowest BCUT2D eigenvalue weighted by molar-refractivity contribution is 0.297. The zero-order valence-corrected chi connectivity index (χ0v) is 12.0. The summed E-state index contributed by atoms with van der Waals surface area (Å²) in [5.41, 5.74) is 7.76. The van der Waals surface area contributed by atoms with E-state index in [1.54, 1.807) is 6.07 Å². The summed E-state index contributed by atoms with van der Waals surface area (Å²) in [4.78, 5) is 4.52. The molecule has 2 aromatic rings. The fourth-order valence-corrected chi connectivity index (χ4v) is 3.42. The van der Waals surface area contributed by atoms with Crippen LogP contribution in [0.25, 0.3) is 11.0 Å². The third kappa shape index (κ3) is 2.22. The lowest BCUT2D eigenvalue weighted by atomic mass is 9.84. The minimum Gasteiger partial charge on any atom is -0.327 e. The van der Waals surface area contributed by atoms with Gasteiger partial charge in [0.15, 0.2) is 5.82 Å². The van der Waals surface area contributed by atoms with Gasteiger partial charge in [-0.2, -0.15) is 0 Å². The number of para-hydroxylation sites is 1. The predicted octanol–water partition coefficient (Wildman–Crippen LogP) is 3.78. The Morgan fingerprint density at radius 2 is 2.10 bits per heavy atom. The Morgan fingerprint density at radius 3 is 2.80 bits per heavy atom. The van der Waals surface area contributed by atoms with E-state index in [4.69, 9.17) is 5.73 Å². The van der Waals surface area contributed by atoms with Gasteiger partial charge in [0.1, 0.15) is 11.3 Å². The van der Waals surface area contributed by atoms with Crippen LogP contribution in [0.5, 0.6) is 0 Å². The van der Waals surface area contributed by atoms with E-state index in [1.165, 1.54) is 25.3 Å². The van der Waals surface area contributed by atoms with Crippen LogP contribution >= 0.6 is 0 Å². The lowest BCUT2D eigenvalue weighted by Gasteiger charge is -2.27. The summed E-state index contributed by atoms with van der Waals surface area (Å²) in [5, 5.41) is 0. The maximum absolute atomic E-state index is 13.9. The SMILES string of the molecule is CCn1c(C(N)C2CCCCC2)nc2c(F)cccc21. The first kappa shape index (κ1) is 13.6. The first-order valence-corrected chi connectivity index (χ1v) is 7.62. The fraction of sp³-hybridized carbons (Fsp3) is 0.562. The third-order valence-corrected chi connectivity index (χ3v) is 4.53. The summed E-state index contributed by atoms with van der Waals surface area (Å²) in [6.07, 6.45) is 6.13. The van der Waals surface area contributed by atoms with Crippen molar-refractivity contribution in [3.05, 3.63) is 29.8 Å². The van der Waals surface area contributed by atoms with Crippen LogP contribution in [0.1, 0.15) is 50.9 Å². The molecule has 0 radical (unpaired) electrons. The highest BCUT2D eigenvalue weighted by Crippen LogP contribution is 2.34. The van der Waals surface area contributed by atoms with Crippen LogP contribution in [0.15, 0.2) is 18.2 Å². The zero-order valence-electron chi connectivity index (χ0n) is 12.0. The first-order valence-electron chi connectivity index (χ1n) is 7.62. The minimum atomic E-state index is -0.258.